The van der Waals surface area contributed by atoms with Crippen LogP contribution in [0.25, 0.3) is 6.08 Å². The maximum atomic E-state index is 12.3. The van der Waals surface area contributed by atoms with Crippen molar-refractivity contribution in [2.24, 2.45) is 0 Å². The summed E-state index contributed by atoms with van der Waals surface area (Å²) in [5.41, 5.74) is 0.608. The van der Waals surface area contributed by atoms with Crippen molar-refractivity contribution < 1.29 is 14.0 Å². The fraction of sp³-hybridized carbons (Fsp3) is 0.300. The molecule has 1 aliphatic heterocycles. The van der Waals surface area contributed by atoms with Crippen LogP contribution in [-0.4, -0.2) is 54.3 Å². The first-order valence-electron chi connectivity index (χ1n) is 8.81. The Labute approximate surface area is 163 Å². The van der Waals surface area contributed by atoms with Gasteiger partial charge in [0.15, 0.2) is 0 Å². The Morgan fingerprint density at radius 2 is 1.89 bits per heavy atom. The van der Waals surface area contributed by atoms with Crippen molar-refractivity contribution in [3.63, 3.8) is 0 Å². The van der Waals surface area contributed by atoms with Crippen LogP contribution in [0.5, 0.6) is 0 Å². The maximum Gasteiger partial charge on any atom is 0.246 e. The number of aryl methyl sites for hydroxylation is 1. The minimum Gasteiger partial charge on any atom is -0.462 e. The van der Waals surface area contributed by atoms with E-state index in [1.165, 1.54) is 6.08 Å². The third-order valence-corrected chi connectivity index (χ3v) is 4.68. The number of rotatable bonds is 5. The highest BCUT2D eigenvalue weighted by Gasteiger charge is 2.21. The second-order valence-corrected chi connectivity index (χ2v) is 6.82. The van der Waals surface area contributed by atoms with Crippen molar-refractivity contribution in [3.8, 4) is 0 Å². The van der Waals surface area contributed by atoms with Crippen molar-refractivity contribution in [2.75, 3.05) is 38.0 Å². The maximum absolute atomic E-state index is 12.3. The van der Waals surface area contributed by atoms with Crippen LogP contribution in [0.4, 0.5) is 5.69 Å². The number of carbonyl (C=O) groups excluding carboxylic acids is 2. The lowest BCUT2D eigenvalue weighted by Crippen LogP contribution is -2.50. The summed E-state index contributed by atoms with van der Waals surface area (Å²) in [6.07, 6.45) is 3.21. The van der Waals surface area contributed by atoms with Crippen LogP contribution < -0.4 is 5.32 Å². The van der Waals surface area contributed by atoms with E-state index in [0.717, 1.165) is 5.76 Å². The zero-order valence-electron chi connectivity index (χ0n) is 15.2. The number of nitrogens with zero attached hydrogens (tertiary/aromatic N) is 2. The number of hydrogen-bond donors (Lipinski definition) is 1. The molecule has 2 aromatic rings. The number of benzene rings is 1. The standard InChI is InChI=1S/C20H22ClN3O3/c1-15-6-7-16(27-15)8-9-20(26)24-12-10-23(11-13-24)14-19(25)22-18-5-3-2-4-17(18)21/h2-9H,10-14H2,1H3,(H,22,25)/b9-8+. The monoisotopic (exact) mass is 387 g/mol. The Hall–Kier alpha value is -2.57. The van der Waals surface area contributed by atoms with Gasteiger partial charge < -0.3 is 14.6 Å². The minimum absolute atomic E-state index is 0.0516. The van der Waals surface area contributed by atoms with Crippen LogP contribution in [0, 0.1) is 6.92 Å². The van der Waals surface area contributed by atoms with Gasteiger partial charge in [-0.15, -0.1) is 0 Å². The SMILES string of the molecule is Cc1ccc(/C=C/C(=O)N2CCN(CC(=O)Nc3ccccc3Cl)CC2)o1. The summed E-state index contributed by atoms with van der Waals surface area (Å²) < 4.78 is 5.42. The molecule has 1 saturated heterocycles. The summed E-state index contributed by atoms with van der Waals surface area (Å²) >= 11 is 6.05. The van der Waals surface area contributed by atoms with Gasteiger partial charge in [-0.3, -0.25) is 14.5 Å². The van der Waals surface area contributed by atoms with E-state index in [0.29, 0.717) is 42.6 Å². The van der Waals surface area contributed by atoms with Gasteiger partial charge in [0, 0.05) is 32.3 Å². The van der Waals surface area contributed by atoms with Gasteiger partial charge >= 0.3 is 0 Å². The highest BCUT2D eigenvalue weighted by Crippen LogP contribution is 2.20. The molecule has 2 amide bonds. The Kier molecular flexibility index (Phi) is 6.32. The summed E-state index contributed by atoms with van der Waals surface area (Å²) in [5, 5.41) is 3.33. The van der Waals surface area contributed by atoms with Crippen molar-refractivity contribution in [1.82, 2.24) is 9.80 Å². The number of nitrogens with one attached hydrogen (secondary N) is 1. The van der Waals surface area contributed by atoms with E-state index in [1.54, 1.807) is 23.1 Å². The van der Waals surface area contributed by atoms with Gasteiger partial charge in [-0.25, -0.2) is 0 Å². The highest BCUT2D eigenvalue weighted by atomic mass is 35.5. The van der Waals surface area contributed by atoms with E-state index < -0.39 is 0 Å². The summed E-state index contributed by atoms with van der Waals surface area (Å²) in [4.78, 5) is 28.3. The van der Waals surface area contributed by atoms with E-state index in [4.69, 9.17) is 16.0 Å². The predicted molar refractivity (Wildman–Crippen MR) is 106 cm³/mol. The van der Waals surface area contributed by atoms with Gasteiger partial charge in [0.1, 0.15) is 11.5 Å². The largest absolute Gasteiger partial charge is 0.462 e. The van der Waals surface area contributed by atoms with Crippen molar-refractivity contribution in [1.29, 1.82) is 0 Å². The van der Waals surface area contributed by atoms with Gasteiger partial charge in [0.05, 0.1) is 17.3 Å². The van der Waals surface area contributed by atoms with Gasteiger partial charge in [-0.05, 0) is 37.3 Å². The number of halogens is 1. The number of amides is 2. The van der Waals surface area contributed by atoms with E-state index in [2.05, 4.69) is 5.32 Å². The first-order valence-corrected chi connectivity index (χ1v) is 9.19. The van der Waals surface area contributed by atoms with Crippen LogP contribution in [0.15, 0.2) is 46.9 Å². The number of para-hydroxylation sites is 1. The number of anilines is 1. The summed E-state index contributed by atoms with van der Waals surface area (Å²) in [5.74, 6) is 1.31. The lowest BCUT2D eigenvalue weighted by Gasteiger charge is -2.33. The first kappa shape index (κ1) is 19.2. The normalized spacial score (nSPS) is 15.3. The third kappa shape index (κ3) is 5.45. The molecular weight excluding hydrogens is 366 g/mol. The lowest BCUT2D eigenvalue weighted by molar-refractivity contribution is -0.127. The molecule has 142 valence electrons. The van der Waals surface area contributed by atoms with E-state index in [-0.39, 0.29) is 18.4 Å². The Morgan fingerprint density at radius 1 is 1.15 bits per heavy atom. The number of carbonyl (C=O) groups is 2. The van der Waals surface area contributed by atoms with Crippen molar-refractivity contribution >= 4 is 35.2 Å². The average molecular weight is 388 g/mol. The van der Waals surface area contributed by atoms with Gasteiger partial charge in [-0.2, -0.15) is 0 Å². The van der Waals surface area contributed by atoms with E-state index in [1.807, 2.05) is 36.1 Å². The molecule has 1 fully saturated rings. The third-order valence-electron chi connectivity index (χ3n) is 4.35. The Balaban J connectivity index is 1.44. The Bertz CT molecular complexity index is 839. The molecule has 1 aromatic carbocycles. The lowest BCUT2D eigenvalue weighted by atomic mass is 10.2. The molecule has 1 N–H and O–H groups in total. The molecule has 0 radical (unpaired) electrons. The molecule has 27 heavy (non-hydrogen) atoms. The average Bonchev–Trinajstić information content (AvgIpc) is 3.07. The molecule has 6 nitrogen and oxygen atoms in total. The molecule has 1 aliphatic rings. The first-order chi connectivity index (χ1) is 13.0. The quantitative estimate of drug-likeness (QED) is 0.801. The van der Waals surface area contributed by atoms with E-state index >= 15 is 0 Å². The topological polar surface area (TPSA) is 65.8 Å². The van der Waals surface area contributed by atoms with Crippen LogP contribution in [0.1, 0.15) is 11.5 Å². The molecule has 3 rings (SSSR count). The highest BCUT2D eigenvalue weighted by molar-refractivity contribution is 6.33. The van der Waals surface area contributed by atoms with Crippen molar-refractivity contribution in [3.05, 3.63) is 59.0 Å². The minimum atomic E-state index is -0.115. The van der Waals surface area contributed by atoms with Gasteiger partial charge in [0.25, 0.3) is 0 Å². The molecule has 2 heterocycles. The summed E-state index contributed by atoms with van der Waals surface area (Å²) in [6, 6.07) is 10.8. The van der Waals surface area contributed by atoms with Gasteiger partial charge in [-0.1, -0.05) is 23.7 Å². The smallest absolute Gasteiger partial charge is 0.246 e. The predicted octanol–water partition coefficient (Wildman–Crippen LogP) is 3.04. The van der Waals surface area contributed by atoms with Gasteiger partial charge in [0.2, 0.25) is 11.8 Å². The van der Waals surface area contributed by atoms with Crippen LogP contribution >= 0.6 is 11.6 Å². The second-order valence-electron chi connectivity index (χ2n) is 6.41. The zero-order valence-corrected chi connectivity index (χ0v) is 15.9. The molecule has 1 aromatic heterocycles. The zero-order chi connectivity index (χ0) is 19.2. The Morgan fingerprint density at radius 3 is 2.56 bits per heavy atom. The molecular formula is C20H22ClN3O3. The molecule has 0 spiro atoms. The fourth-order valence-corrected chi connectivity index (χ4v) is 3.07. The van der Waals surface area contributed by atoms with E-state index in [9.17, 15) is 9.59 Å². The van der Waals surface area contributed by atoms with Crippen LogP contribution in [-0.2, 0) is 9.59 Å². The molecule has 0 unspecified atom stereocenters. The molecule has 7 heteroatoms. The number of hydrogen-bond acceptors (Lipinski definition) is 4. The molecule has 0 saturated carbocycles. The fourth-order valence-electron chi connectivity index (χ4n) is 2.88. The second kappa shape index (κ2) is 8.88. The molecule has 0 atom stereocenters. The summed E-state index contributed by atoms with van der Waals surface area (Å²) in [7, 11) is 0. The number of piperazine rings is 1. The van der Waals surface area contributed by atoms with Crippen LogP contribution in [0.2, 0.25) is 5.02 Å². The molecule has 0 aliphatic carbocycles. The van der Waals surface area contributed by atoms with Crippen LogP contribution in [0.3, 0.4) is 0 Å². The number of furan rings is 1. The summed E-state index contributed by atoms with van der Waals surface area (Å²) in [6.45, 7) is 4.60. The van der Waals surface area contributed by atoms with Crippen molar-refractivity contribution in [2.45, 2.75) is 6.92 Å². The molecule has 0 bridgehead atoms.